The van der Waals surface area contributed by atoms with Crippen molar-refractivity contribution in [3.05, 3.63) is 50.1 Å². The molecule has 0 saturated heterocycles. The van der Waals surface area contributed by atoms with Crippen molar-refractivity contribution in [3.63, 3.8) is 0 Å². The molecule has 5 nitrogen and oxygen atoms in total. The molecule has 0 N–H and O–H groups in total. The van der Waals surface area contributed by atoms with Crippen molar-refractivity contribution in [2.24, 2.45) is 5.16 Å². The van der Waals surface area contributed by atoms with E-state index in [1.807, 2.05) is 24.3 Å². The van der Waals surface area contributed by atoms with Crippen LogP contribution in [0.4, 0.5) is 0 Å². The number of benzene rings is 1. The Bertz CT molecular complexity index is 750. The maximum atomic E-state index is 12.1. The molecule has 134 valence electrons. The van der Waals surface area contributed by atoms with Gasteiger partial charge in [-0.1, -0.05) is 22.4 Å². The van der Waals surface area contributed by atoms with Crippen molar-refractivity contribution in [1.82, 2.24) is 0 Å². The summed E-state index contributed by atoms with van der Waals surface area (Å²) in [6.07, 6.45) is 1.37. The molecule has 0 spiro atoms. The fourth-order valence-corrected chi connectivity index (χ4v) is 3.15. The van der Waals surface area contributed by atoms with Gasteiger partial charge in [-0.25, -0.2) is 4.79 Å². The average Bonchev–Trinajstić information content (AvgIpc) is 2.60. The van der Waals surface area contributed by atoms with Crippen LogP contribution < -0.4 is 4.74 Å². The summed E-state index contributed by atoms with van der Waals surface area (Å²) in [5.41, 5.74) is 4.55. The van der Waals surface area contributed by atoms with E-state index in [0.29, 0.717) is 13.0 Å². The molecule has 6 heteroatoms. The predicted octanol–water partition coefficient (Wildman–Crippen LogP) is 4.27. The number of methoxy groups -OCH3 is 1. The van der Waals surface area contributed by atoms with Crippen LogP contribution >= 0.6 is 22.6 Å². The van der Waals surface area contributed by atoms with Crippen LogP contribution in [0.25, 0.3) is 0 Å². The summed E-state index contributed by atoms with van der Waals surface area (Å²) >= 11 is 2.25. The second-order valence-electron chi connectivity index (χ2n) is 5.86. The summed E-state index contributed by atoms with van der Waals surface area (Å²) < 4.78 is 11.9. The molecule has 0 aromatic heterocycles. The number of hydrogen-bond acceptors (Lipinski definition) is 5. The van der Waals surface area contributed by atoms with E-state index in [2.05, 4.69) is 41.6 Å². The lowest BCUT2D eigenvalue weighted by molar-refractivity contribution is -0.132. The lowest BCUT2D eigenvalue weighted by Gasteiger charge is -2.23. The zero-order valence-electron chi connectivity index (χ0n) is 14.9. The number of allylic oxidation sites excluding steroid dienone is 2. The normalized spacial score (nSPS) is 15.3. The Kier molecular flexibility index (Phi) is 7.04. The molecule has 0 atom stereocenters. The lowest BCUT2D eigenvalue weighted by Crippen LogP contribution is -2.24. The smallest absolute Gasteiger partial charge is 0.360 e. The summed E-state index contributed by atoms with van der Waals surface area (Å²) in [7, 11) is 2.76. The second-order valence-corrected chi connectivity index (χ2v) is 7.10. The van der Waals surface area contributed by atoms with Crippen LogP contribution in [0.15, 0.2) is 51.7 Å². The quantitative estimate of drug-likeness (QED) is 0.211. The number of rotatable bonds is 6. The van der Waals surface area contributed by atoms with Gasteiger partial charge in [0.05, 0.1) is 7.11 Å². The molecular formula is C19H22INO4. The van der Waals surface area contributed by atoms with Crippen LogP contribution in [-0.2, 0) is 14.4 Å². The van der Waals surface area contributed by atoms with Crippen molar-refractivity contribution < 1.29 is 19.1 Å². The third-order valence-corrected chi connectivity index (χ3v) is 4.80. The van der Waals surface area contributed by atoms with E-state index in [4.69, 9.17) is 14.3 Å². The fourth-order valence-electron chi connectivity index (χ4n) is 2.64. The van der Waals surface area contributed by atoms with Gasteiger partial charge in [-0.05, 0) is 78.6 Å². The van der Waals surface area contributed by atoms with Gasteiger partial charge in [-0.2, -0.15) is 0 Å². The minimum Gasteiger partial charge on any atom is -0.489 e. The molecule has 1 aliphatic rings. The Morgan fingerprint density at radius 1 is 1.20 bits per heavy atom. The number of hydrogen-bond donors (Lipinski definition) is 0. The van der Waals surface area contributed by atoms with Gasteiger partial charge in [0.2, 0.25) is 0 Å². The Balaban J connectivity index is 2.32. The van der Waals surface area contributed by atoms with Crippen molar-refractivity contribution in [1.29, 1.82) is 0 Å². The number of oxime groups is 1. The van der Waals surface area contributed by atoms with Crippen molar-refractivity contribution in [2.45, 2.75) is 26.7 Å². The predicted molar refractivity (Wildman–Crippen MR) is 106 cm³/mol. The number of nitrogens with zero attached hydrogens (tertiary/aromatic N) is 1. The van der Waals surface area contributed by atoms with E-state index in [0.717, 1.165) is 26.9 Å². The summed E-state index contributed by atoms with van der Waals surface area (Å²) in [6.45, 7) is 4.55. The van der Waals surface area contributed by atoms with Crippen molar-refractivity contribution >= 4 is 34.3 Å². The SMILES string of the molecule is CO/N=C(\C(=O)OC)C1=C(COc2cccc(I)c2)CC(C)=C(C)C1. The topological polar surface area (TPSA) is 57.1 Å². The van der Waals surface area contributed by atoms with Gasteiger partial charge in [-0.3, -0.25) is 0 Å². The van der Waals surface area contributed by atoms with E-state index in [1.165, 1.54) is 25.4 Å². The molecule has 0 radical (unpaired) electrons. The van der Waals surface area contributed by atoms with E-state index in [9.17, 15) is 4.79 Å². The summed E-state index contributed by atoms with van der Waals surface area (Å²) in [5, 5.41) is 3.90. The standard InChI is InChI=1S/C19H22INO4/c1-12-8-14(11-25-16-7-5-6-15(20)10-16)17(9-13(12)2)18(21-24-4)19(22)23-3/h5-7,10H,8-9,11H2,1-4H3/b21-18-. The Morgan fingerprint density at radius 3 is 2.56 bits per heavy atom. The molecule has 2 rings (SSSR count). The van der Waals surface area contributed by atoms with E-state index >= 15 is 0 Å². The minimum atomic E-state index is -0.504. The third kappa shape index (κ3) is 5.07. The van der Waals surface area contributed by atoms with Crippen LogP contribution in [0.1, 0.15) is 26.7 Å². The first-order valence-electron chi connectivity index (χ1n) is 7.90. The van der Waals surface area contributed by atoms with Gasteiger partial charge in [0.15, 0.2) is 5.71 Å². The van der Waals surface area contributed by atoms with E-state index < -0.39 is 5.97 Å². The Hall–Kier alpha value is -1.83. The molecule has 0 heterocycles. The highest BCUT2D eigenvalue weighted by Gasteiger charge is 2.26. The second kappa shape index (κ2) is 9.03. The zero-order chi connectivity index (χ0) is 18.4. The summed E-state index contributed by atoms with van der Waals surface area (Å²) in [5.74, 6) is 0.293. The van der Waals surface area contributed by atoms with Crippen LogP contribution in [0, 0.1) is 3.57 Å². The number of carbonyl (C=O) groups is 1. The number of halogens is 1. The highest BCUT2D eigenvalue weighted by atomic mass is 127. The highest BCUT2D eigenvalue weighted by molar-refractivity contribution is 14.1. The molecule has 1 aliphatic carbocycles. The van der Waals surface area contributed by atoms with Gasteiger partial charge >= 0.3 is 5.97 Å². The van der Waals surface area contributed by atoms with Gasteiger partial charge in [-0.15, -0.1) is 0 Å². The number of ether oxygens (including phenoxy) is 2. The van der Waals surface area contributed by atoms with E-state index in [-0.39, 0.29) is 5.71 Å². The average molecular weight is 455 g/mol. The van der Waals surface area contributed by atoms with Crippen LogP contribution in [-0.4, -0.2) is 32.5 Å². The van der Waals surface area contributed by atoms with Crippen LogP contribution in [0.5, 0.6) is 5.75 Å². The van der Waals surface area contributed by atoms with Crippen LogP contribution in [0.3, 0.4) is 0 Å². The lowest BCUT2D eigenvalue weighted by atomic mass is 9.85. The number of esters is 1. The number of carbonyl (C=O) groups excluding carboxylic acids is 1. The summed E-state index contributed by atoms with van der Waals surface area (Å²) in [6, 6.07) is 7.86. The van der Waals surface area contributed by atoms with Gasteiger partial charge < -0.3 is 14.3 Å². The molecule has 0 bridgehead atoms. The molecule has 0 saturated carbocycles. The Labute approximate surface area is 161 Å². The fraction of sp³-hybridized carbons (Fsp3) is 0.368. The monoisotopic (exact) mass is 455 g/mol. The van der Waals surface area contributed by atoms with Crippen molar-refractivity contribution in [3.8, 4) is 5.75 Å². The largest absolute Gasteiger partial charge is 0.489 e. The minimum absolute atomic E-state index is 0.207. The maximum Gasteiger partial charge on any atom is 0.360 e. The van der Waals surface area contributed by atoms with E-state index in [1.54, 1.807) is 0 Å². The van der Waals surface area contributed by atoms with Crippen LogP contribution in [0.2, 0.25) is 0 Å². The molecule has 1 aromatic rings. The van der Waals surface area contributed by atoms with Gasteiger partial charge in [0.1, 0.15) is 19.5 Å². The zero-order valence-corrected chi connectivity index (χ0v) is 17.0. The first-order chi connectivity index (χ1) is 12.0. The first-order valence-corrected chi connectivity index (χ1v) is 8.98. The molecule has 0 fully saturated rings. The van der Waals surface area contributed by atoms with Gasteiger partial charge in [0, 0.05) is 3.57 Å². The molecule has 0 unspecified atom stereocenters. The third-order valence-electron chi connectivity index (χ3n) is 4.13. The Morgan fingerprint density at radius 2 is 1.92 bits per heavy atom. The van der Waals surface area contributed by atoms with Gasteiger partial charge in [0.25, 0.3) is 0 Å². The molecule has 0 aliphatic heterocycles. The summed E-state index contributed by atoms with van der Waals surface area (Å²) in [4.78, 5) is 17.0. The maximum absolute atomic E-state index is 12.1. The molecule has 0 amide bonds. The molecular weight excluding hydrogens is 433 g/mol. The molecule has 25 heavy (non-hydrogen) atoms. The van der Waals surface area contributed by atoms with Crippen molar-refractivity contribution in [2.75, 3.05) is 20.8 Å². The first kappa shape index (κ1) is 19.5. The molecule has 1 aromatic carbocycles. The highest BCUT2D eigenvalue weighted by Crippen LogP contribution is 2.31.